The van der Waals surface area contributed by atoms with Crippen molar-refractivity contribution in [3.05, 3.63) is 77.4 Å². The number of methoxy groups -OCH3 is 1. The third kappa shape index (κ3) is 3.55. The minimum Gasteiger partial charge on any atom is -0.466 e. The number of aryl methyl sites for hydroxylation is 2. The second kappa shape index (κ2) is 6.94. The molecule has 22 heavy (non-hydrogen) atoms. The first-order chi connectivity index (χ1) is 10.5. The van der Waals surface area contributed by atoms with Crippen LogP contribution in [-0.4, -0.2) is 13.1 Å². The van der Waals surface area contributed by atoms with Crippen molar-refractivity contribution in [3.63, 3.8) is 0 Å². The third-order valence-corrected chi connectivity index (χ3v) is 3.62. The van der Waals surface area contributed by atoms with E-state index in [2.05, 4.69) is 30.1 Å². The summed E-state index contributed by atoms with van der Waals surface area (Å²) in [5.41, 5.74) is 4.61. The minimum atomic E-state index is -0.411. The Morgan fingerprint density at radius 3 is 2.45 bits per heavy atom. The molecule has 1 unspecified atom stereocenters. The molecule has 2 aromatic carbocycles. The SMILES string of the molecule is C=C(C(=O)OC)C(Nc1cc(C)ccc1C)c1ccccc1. The predicted octanol–water partition coefficient (Wildman–Crippen LogP) is 4.19. The fourth-order valence-corrected chi connectivity index (χ4v) is 2.31. The number of carbonyl (C=O) groups excluding carboxylic acids is 1. The van der Waals surface area contributed by atoms with E-state index in [-0.39, 0.29) is 6.04 Å². The van der Waals surface area contributed by atoms with Crippen molar-refractivity contribution in [2.24, 2.45) is 0 Å². The molecule has 0 aromatic heterocycles. The highest BCUT2D eigenvalue weighted by molar-refractivity contribution is 5.90. The Morgan fingerprint density at radius 2 is 1.82 bits per heavy atom. The number of carbonyl (C=O) groups is 1. The number of hydrogen-bond acceptors (Lipinski definition) is 3. The molecular weight excluding hydrogens is 274 g/mol. The Hall–Kier alpha value is -2.55. The van der Waals surface area contributed by atoms with Crippen molar-refractivity contribution >= 4 is 11.7 Å². The van der Waals surface area contributed by atoms with E-state index in [4.69, 9.17) is 4.74 Å². The maximum absolute atomic E-state index is 11.9. The van der Waals surface area contributed by atoms with Crippen molar-refractivity contribution in [1.82, 2.24) is 0 Å². The van der Waals surface area contributed by atoms with Gasteiger partial charge in [0, 0.05) is 5.69 Å². The lowest BCUT2D eigenvalue weighted by Gasteiger charge is -2.23. The van der Waals surface area contributed by atoms with Gasteiger partial charge in [-0.2, -0.15) is 0 Å². The van der Waals surface area contributed by atoms with Crippen molar-refractivity contribution in [3.8, 4) is 0 Å². The van der Waals surface area contributed by atoms with Crippen molar-refractivity contribution in [2.45, 2.75) is 19.9 Å². The molecule has 0 fully saturated rings. The van der Waals surface area contributed by atoms with E-state index in [9.17, 15) is 4.79 Å². The summed E-state index contributed by atoms with van der Waals surface area (Å²) in [7, 11) is 1.37. The van der Waals surface area contributed by atoms with Gasteiger partial charge < -0.3 is 10.1 Å². The molecule has 0 saturated heterocycles. The van der Waals surface area contributed by atoms with Gasteiger partial charge in [0.1, 0.15) is 0 Å². The van der Waals surface area contributed by atoms with Gasteiger partial charge in [-0.15, -0.1) is 0 Å². The first-order valence-electron chi connectivity index (χ1n) is 7.18. The van der Waals surface area contributed by atoms with Crippen LogP contribution in [0.4, 0.5) is 5.69 Å². The highest BCUT2D eigenvalue weighted by Gasteiger charge is 2.21. The van der Waals surface area contributed by atoms with Gasteiger partial charge in [-0.1, -0.05) is 49.0 Å². The molecule has 0 heterocycles. The molecule has 114 valence electrons. The van der Waals surface area contributed by atoms with Crippen LogP contribution in [0.15, 0.2) is 60.7 Å². The van der Waals surface area contributed by atoms with Gasteiger partial charge in [-0.3, -0.25) is 0 Å². The normalized spacial score (nSPS) is 11.6. The van der Waals surface area contributed by atoms with Crippen LogP contribution in [0.25, 0.3) is 0 Å². The number of benzene rings is 2. The molecule has 2 aromatic rings. The van der Waals surface area contributed by atoms with Gasteiger partial charge in [0.25, 0.3) is 0 Å². The Balaban J connectivity index is 2.39. The van der Waals surface area contributed by atoms with Gasteiger partial charge in [-0.25, -0.2) is 4.79 Å². The zero-order chi connectivity index (χ0) is 16.1. The third-order valence-electron chi connectivity index (χ3n) is 3.62. The van der Waals surface area contributed by atoms with E-state index >= 15 is 0 Å². The molecule has 0 aliphatic rings. The Morgan fingerprint density at radius 1 is 1.14 bits per heavy atom. The van der Waals surface area contributed by atoms with Crippen molar-refractivity contribution in [2.75, 3.05) is 12.4 Å². The molecule has 0 radical (unpaired) electrons. The van der Waals surface area contributed by atoms with Crippen LogP contribution >= 0.6 is 0 Å². The smallest absolute Gasteiger partial charge is 0.335 e. The molecule has 0 aliphatic carbocycles. The van der Waals surface area contributed by atoms with Gasteiger partial charge in [0.05, 0.1) is 18.7 Å². The molecule has 0 spiro atoms. The molecule has 3 heteroatoms. The van der Waals surface area contributed by atoms with E-state index < -0.39 is 5.97 Å². The first kappa shape index (κ1) is 15.8. The number of ether oxygens (including phenoxy) is 1. The lowest BCUT2D eigenvalue weighted by atomic mass is 9.98. The van der Waals surface area contributed by atoms with Crippen LogP contribution in [0.5, 0.6) is 0 Å². The van der Waals surface area contributed by atoms with Crippen LogP contribution in [0.1, 0.15) is 22.7 Å². The molecule has 1 atom stereocenters. The standard InChI is InChI=1S/C19H21NO2/c1-13-10-11-14(2)17(12-13)20-18(15(3)19(21)22-4)16-8-6-5-7-9-16/h5-12,18,20H,3H2,1-2,4H3. The topological polar surface area (TPSA) is 38.3 Å². The lowest BCUT2D eigenvalue weighted by Crippen LogP contribution is -2.20. The highest BCUT2D eigenvalue weighted by atomic mass is 16.5. The summed E-state index contributed by atoms with van der Waals surface area (Å²) >= 11 is 0. The number of rotatable bonds is 5. The summed E-state index contributed by atoms with van der Waals surface area (Å²) in [5, 5.41) is 3.42. The Kier molecular flexibility index (Phi) is 4.99. The summed E-state index contributed by atoms with van der Waals surface area (Å²) in [6.07, 6.45) is 0. The van der Waals surface area contributed by atoms with Gasteiger partial charge in [-0.05, 0) is 36.6 Å². The number of esters is 1. The molecule has 2 rings (SSSR count). The second-order valence-electron chi connectivity index (χ2n) is 5.32. The average molecular weight is 295 g/mol. The maximum atomic E-state index is 11.9. The lowest BCUT2D eigenvalue weighted by molar-refractivity contribution is -0.136. The molecule has 3 nitrogen and oxygen atoms in total. The summed E-state index contributed by atoms with van der Waals surface area (Å²) in [6.45, 7) is 7.98. The molecule has 0 aliphatic heterocycles. The van der Waals surface area contributed by atoms with Gasteiger partial charge in [0.2, 0.25) is 0 Å². The van der Waals surface area contributed by atoms with Crippen LogP contribution in [0, 0.1) is 13.8 Å². The van der Waals surface area contributed by atoms with Gasteiger partial charge >= 0.3 is 5.97 Å². The summed E-state index contributed by atoms with van der Waals surface area (Å²) < 4.78 is 4.83. The number of hydrogen-bond donors (Lipinski definition) is 1. The maximum Gasteiger partial charge on any atom is 0.335 e. The van der Waals surface area contributed by atoms with Crippen LogP contribution in [0.3, 0.4) is 0 Å². The zero-order valence-corrected chi connectivity index (χ0v) is 13.2. The fourth-order valence-electron chi connectivity index (χ4n) is 2.31. The molecule has 0 saturated carbocycles. The van der Waals surface area contributed by atoms with Crippen molar-refractivity contribution in [1.29, 1.82) is 0 Å². The number of nitrogens with one attached hydrogen (secondary N) is 1. The van der Waals surface area contributed by atoms with E-state index in [1.54, 1.807) is 0 Å². The summed E-state index contributed by atoms with van der Waals surface area (Å²) in [6, 6.07) is 15.6. The van der Waals surface area contributed by atoms with E-state index in [1.165, 1.54) is 7.11 Å². The van der Waals surface area contributed by atoms with Crippen molar-refractivity contribution < 1.29 is 9.53 Å². The fraction of sp³-hybridized carbons (Fsp3) is 0.211. The molecule has 1 N–H and O–H groups in total. The Bertz CT molecular complexity index is 677. The molecule has 0 bridgehead atoms. The molecule has 0 amide bonds. The monoisotopic (exact) mass is 295 g/mol. The highest BCUT2D eigenvalue weighted by Crippen LogP contribution is 2.28. The Labute approximate surface area is 131 Å². The summed E-state index contributed by atoms with van der Waals surface area (Å²) in [5.74, 6) is -0.411. The van der Waals surface area contributed by atoms with Crippen LogP contribution in [0.2, 0.25) is 0 Å². The zero-order valence-electron chi connectivity index (χ0n) is 13.2. The van der Waals surface area contributed by atoms with E-state index in [0.717, 1.165) is 22.4 Å². The van der Waals surface area contributed by atoms with E-state index in [1.807, 2.05) is 44.2 Å². The predicted molar refractivity (Wildman–Crippen MR) is 89.9 cm³/mol. The molecular formula is C19H21NO2. The summed E-state index contributed by atoms with van der Waals surface area (Å²) in [4.78, 5) is 11.9. The number of anilines is 1. The largest absolute Gasteiger partial charge is 0.466 e. The van der Waals surface area contributed by atoms with Gasteiger partial charge in [0.15, 0.2) is 0 Å². The quantitative estimate of drug-likeness (QED) is 0.664. The average Bonchev–Trinajstić information content (AvgIpc) is 2.55. The van der Waals surface area contributed by atoms with Crippen LogP contribution < -0.4 is 5.32 Å². The first-order valence-corrected chi connectivity index (χ1v) is 7.18. The van der Waals surface area contributed by atoms with E-state index in [0.29, 0.717) is 5.57 Å². The van der Waals surface area contributed by atoms with Crippen LogP contribution in [-0.2, 0) is 9.53 Å². The minimum absolute atomic E-state index is 0.325. The second-order valence-corrected chi connectivity index (χ2v) is 5.32.